The van der Waals surface area contributed by atoms with Crippen LogP contribution in [0.4, 0.5) is 4.39 Å². The zero-order valence-electron chi connectivity index (χ0n) is 16.6. The first-order valence-electron chi connectivity index (χ1n) is 8.92. The van der Waals surface area contributed by atoms with Crippen LogP contribution in [0.1, 0.15) is 63.2 Å². The van der Waals surface area contributed by atoms with E-state index < -0.39 is 5.82 Å². The van der Waals surface area contributed by atoms with Crippen LogP contribution >= 0.6 is 0 Å². The van der Waals surface area contributed by atoms with Gasteiger partial charge in [0.2, 0.25) is 0 Å². The summed E-state index contributed by atoms with van der Waals surface area (Å²) in [4.78, 5) is 17.9. The molecule has 1 aliphatic heterocycles. The van der Waals surface area contributed by atoms with Crippen molar-refractivity contribution in [2.75, 3.05) is 0 Å². The van der Waals surface area contributed by atoms with Crippen molar-refractivity contribution in [1.82, 2.24) is 9.88 Å². The van der Waals surface area contributed by atoms with Gasteiger partial charge in [-0.2, -0.15) is 0 Å². The number of rotatable bonds is 2. The summed E-state index contributed by atoms with van der Waals surface area (Å²) in [7, 11) is 5.50. The summed E-state index contributed by atoms with van der Waals surface area (Å²) in [6.07, 6.45) is 1.65. The summed E-state index contributed by atoms with van der Waals surface area (Å²) in [5.74, 6) is -0.504. The Kier molecular flexibility index (Phi) is 8.00. The van der Waals surface area contributed by atoms with Crippen molar-refractivity contribution in [2.45, 2.75) is 54.6 Å². The molecule has 26 heavy (non-hydrogen) atoms. The Bertz CT molecular complexity index is 735. The third-order valence-electron chi connectivity index (χ3n) is 3.19. The van der Waals surface area contributed by atoms with Crippen molar-refractivity contribution < 1.29 is 9.18 Å². The van der Waals surface area contributed by atoms with E-state index in [2.05, 4.69) is 32.7 Å². The van der Waals surface area contributed by atoms with Gasteiger partial charge in [-0.3, -0.25) is 9.78 Å². The topological polar surface area (TPSA) is 33.2 Å². The number of hydrogen-bond donors (Lipinski definition) is 0. The number of aromatic nitrogens is 1. The lowest BCUT2D eigenvalue weighted by atomic mass is 9.95. The van der Waals surface area contributed by atoms with Crippen molar-refractivity contribution in [3.63, 3.8) is 0 Å². The molecular weight excluding hydrogens is 326 g/mol. The Balaban J connectivity index is 0.000000420. The van der Waals surface area contributed by atoms with Crippen LogP contribution in [-0.2, 0) is 13.1 Å². The molecule has 0 aliphatic carbocycles. The zero-order valence-corrected chi connectivity index (χ0v) is 16.6. The molecule has 0 fully saturated rings. The van der Waals surface area contributed by atoms with Crippen LogP contribution in [0.5, 0.6) is 0 Å². The molecule has 1 aromatic carbocycles. The van der Waals surface area contributed by atoms with Crippen LogP contribution in [0.25, 0.3) is 0 Å². The molecule has 138 valence electrons. The lowest BCUT2D eigenvalue weighted by Gasteiger charge is -2.16. The molecule has 1 amide bonds. The maximum atomic E-state index is 13.7. The second-order valence-corrected chi connectivity index (χ2v) is 7.51. The third-order valence-corrected chi connectivity index (χ3v) is 3.19. The van der Waals surface area contributed by atoms with Gasteiger partial charge < -0.3 is 4.90 Å². The molecule has 0 saturated carbocycles. The third kappa shape index (κ3) is 6.62. The Morgan fingerprint density at radius 3 is 2.35 bits per heavy atom. The predicted molar refractivity (Wildman–Crippen MR) is 106 cm³/mol. The summed E-state index contributed by atoms with van der Waals surface area (Å²) in [5, 5.41) is 0. The molecule has 2 heterocycles. The first-order valence-corrected chi connectivity index (χ1v) is 8.92. The summed E-state index contributed by atoms with van der Waals surface area (Å²) in [6, 6.07) is 7.97. The van der Waals surface area contributed by atoms with Crippen LogP contribution in [-0.4, -0.2) is 23.6 Å². The number of halogens is 1. The average molecular weight is 354 g/mol. The molecule has 1 aliphatic rings. The highest BCUT2D eigenvalue weighted by Gasteiger charge is 2.28. The van der Waals surface area contributed by atoms with Crippen LogP contribution in [0.3, 0.4) is 0 Å². The Morgan fingerprint density at radius 1 is 1.19 bits per heavy atom. The average Bonchev–Trinajstić information content (AvgIpc) is 2.87. The van der Waals surface area contributed by atoms with E-state index in [4.69, 9.17) is 7.85 Å². The molecule has 3 nitrogen and oxygen atoms in total. The fourth-order valence-corrected chi connectivity index (χ4v) is 2.21. The van der Waals surface area contributed by atoms with Crippen molar-refractivity contribution in [2.24, 2.45) is 5.41 Å². The second-order valence-electron chi connectivity index (χ2n) is 7.51. The van der Waals surface area contributed by atoms with E-state index in [1.165, 1.54) is 6.07 Å². The van der Waals surface area contributed by atoms with Gasteiger partial charge in [0.05, 0.1) is 17.8 Å². The highest BCUT2D eigenvalue weighted by atomic mass is 19.1. The Morgan fingerprint density at radius 2 is 1.81 bits per heavy atom. The summed E-state index contributed by atoms with van der Waals surface area (Å²) < 4.78 is 13.7. The van der Waals surface area contributed by atoms with Gasteiger partial charge in [0.25, 0.3) is 5.91 Å². The highest BCUT2D eigenvalue weighted by molar-refractivity contribution is 6.32. The van der Waals surface area contributed by atoms with Crippen molar-refractivity contribution >= 4 is 19.2 Å². The Hall–Kier alpha value is -2.17. The maximum Gasteiger partial charge on any atom is 0.256 e. The molecule has 3 rings (SSSR count). The maximum absolute atomic E-state index is 13.7. The standard InChI is InChI=1S/C14H10BFN2O.C5H12.C2H6/c15-10-4-3-9(12(16)6-10)7-18-8-13-11(14(18)19)2-1-5-17-13;1-5(2,3)4;1-2/h1-6H,7-8H2;1-4H3;1-2H3. The van der Waals surface area contributed by atoms with Crippen LogP contribution in [0, 0.1) is 11.2 Å². The van der Waals surface area contributed by atoms with Gasteiger partial charge in [-0.05, 0) is 23.6 Å². The van der Waals surface area contributed by atoms with E-state index in [0.717, 1.165) is 5.69 Å². The lowest BCUT2D eigenvalue weighted by molar-refractivity contribution is 0.0765. The quantitative estimate of drug-likeness (QED) is 0.756. The minimum absolute atomic E-state index is 0.112. The number of pyridine rings is 1. The molecule has 0 atom stereocenters. The van der Waals surface area contributed by atoms with Gasteiger partial charge in [-0.25, -0.2) is 4.39 Å². The molecule has 5 heteroatoms. The van der Waals surface area contributed by atoms with Gasteiger partial charge >= 0.3 is 0 Å². The molecule has 2 aromatic rings. The van der Waals surface area contributed by atoms with Crippen molar-refractivity contribution in [1.29, 1.82) is 0 Å². The fourth-order valence-electron chi connectivity index (χ4n) is 2.21. The van der Waals surface area contributed by atoms with Crippen LogP contribution < -0.4 is 5.46 Å². The van der Waals surface area contributed by atoms with Gasteiger partial charge in [-0.15, -0.1) is 0 Å². The molecule has 0 unspecified atom stereocenters. The van der Waals surface area contributed by atoms with Gasteiger partial charge in [0.1, 0.15) is 13.7 Å². The summed E-state index contributed by atoms with van der Waals surface area (Å²) in [5.41, 5.74) is 2.66. The van der Waals surface area contributed by atoms with E-state index in [0.29, 0.717) is 28.5 Å². The SMILES string of the molecule is CC.CC(C)(C)C.[B]c1ccc(CN2Cc3ncccc3C2=O)c(F)c1. The van der Waals surface area contributed by atoms with Gasteiger partial charge in [0.15, 0.2) is 0 Å². The molecule has 0 N–H and O–H groups in total. The van der Waals surface area contributed by atoms with E-state index in [1.807, 2.05) is 13.8 Å². The van der Waals surface area contributed by atoms with E-state index in [-0.39, 0.29) is 12.5 Å². The summed E-state index contributed by atoms with van der Waals surface area (Å²) >= 11 is 0. The second kappa shape index (κ2) is 9.51. The number of carbonyl (C=O) groups excluding carboxylic acids is 1. The molecule has 2 radical (unpaired) electrons. The number of benzene rings is 1. The fraction of sp³-hybridized carbons (Fsp3) is 0.429. The van der Waals surface area contributed by atoms with Gasteiger partial charge in [-0.1, -0.05) is 59.1 Å². The largest absolute Gasteiger partial charge is 0.328 e. The van der Waals surface area contributed by atoms with Gasteiger partial charge in [0, 0.05) is 18.3 Å². The zero-order chi connectivity index (χ0) is 19.9. The Labute approximate surface area is 158 Å². The number of amides is 1. The highest BCUT2D eigenvalue weighted by Crippen LogP contribution is 2.22. The monoisotopic (exact) mass is 354 g/mol. The number of hydrogen-bond acceptors (Lipinski definition) is 2. The molecule has 0 spiro atoms. The van der Waals surface area contributed by atoms with Crippen molar-refractivity contribution in [3.8, 4) is 0 Å². The number of fused-ring (bicyclic) bond motifs is 1. The lowest BCUT2D eigenvalue weighted by Crippen LogP contribution is -2.24. The van der Waals surface area contributed by atoms with Crippen molar-refractivity contribution in [3.05, 3.63) is 59.2 Å². The summed E-state index contributed by atoms with van der Waals surface area (Å²) in [6.45, 7) is 13.4. The normalized spacial score (nSPS) is 12.6. The van der Waals surface area contributed by atoms with Crippen LogP contribution in [0.15, 0.2) is 36.5 Å². The first kappa shape index (κ1) is 21.9. The number of nitrogens with zero attached hydrogens (tertiary/aromatic N) is 2. The minimum Gasteiger partial charge on any atom is -0.328 e. The number of carbonyl (C=O) groups is 1. The molecular formula is C21H28BFN2O. The van der Waals surface area contributed by atoms with E-state index >= 15 is 0 Å². The smallest absolute Gasteiger partial charge is 0.256 e. The molecule has 0 saturated heterocycles. The van der Waals surface area contributed by atoms with E-state index in [1.54, 1.807) is 35.4 Å². The van der Waals surface area contributed by atoms with Crippen LogP contribution in [0.2, 0.25) is 0 Å². The first-order chi connectivity index (χ1) is 12.1. The van der Waals surface area contributed by atoms with E-state index in [9.17, 15) is 9.18 Å². The molecule has 1 aromatic heterocycles. The predicted octanol–water partition coefficient (Wildman–Crippen LogP) is 4.25. The molecule has 0 bridgehead atoms. The minimum atomic E-state index is -0.392.